The molecule has 1 amide bonds. The molecule has 197 valence electrons. The molecule has 2 aromatic rings. The van der Waals surface area contributed by atoms with Crippen molar-refractivity contribution in [3.63, 3.8) is 0 Å². The number of anilines is 1. The highest BCUT2D eigenvalue weighted by Crippen LogP contribution is 2.39. The number of carbonyl (C=O) groups excluding carboxylic acids is 1. The molecule has 0 atom stereocenters. The number of phenolic OH excluding ortho intramolecular Hbond substituents is 1. The number of carboxylic acids is 2. The zero-order valence-corrected chi connectivity index (χ0v) is 20.1. The van der Waals surface area contributed by atoms with Gasteiger partial charge in [0.25, 0.3) is 5.69 Å². The van der Waals surface area contributed by atoms with Crippen molar-refractivity contribution in [3.05, 3.63) is 93.7 Å². The summed E-state index contributed by atoms with van der Waals surface area (Å²) in [6.45, 7) is 6.63. The molecule has 1 heterocycles. The minimum Gasteiger partial charge on any atom is -0.508 e. The lowest BCUT2D eigenvalue weighted by Crippen LogP contribution is -2.31. The third-order valence-electron chi connectivity index (χ3n) is 5.19. The number of carbonyl (C=O) groups is 3. The van der Waals surface area contributed by atoms with E-state index in [1.165, 1.54) is 50.2 Å². The molecule has 0 bridgehead atoms. The van der Waals surface area contributed by atoms with Gasteiger partial charge in [0.05, 0.1) is 22.0 Å². The number of hydrogen-bond acceptors (Lipinski definition) is 7. The second kappa shape index (κ2) is 13.4. The zero-order chi connectivity index (χ0) is 27.0. The second-order valence-corrected chi connectivity index (χ2v) is 7.80. The highest BCUT2D eigenvalue weighted by molar-refractivity contribution is 5.98. The Morgan fingerprint density at radius 2 is 1.57 bits per heavy atom. The molecule has 0 aromatic heterocycles. The molecule has 0 unspecified atom stereocenters. The molecule has 3 rings (SSSR count). The third-order valence-corrected chi connectivity index (χ3v) is 5.19. The number of nitro benzene ring substituents is 1. The van der Waals surface area contributed by atoms with Crippen LogP contribution in [0.2, 0.25) is 0 Å². The van der Waals surface area contributed by atoms with Gasteiger partial charge in [0.2, 0.25) is 5.91 Å². The summed E-state index contributed by atoms with van der Waals surface area (Å²) < 4.78 is 0. The third kappa shape index (κ3) is 7.90. The molecule has 12 nitrogen and oxygen atoms in total. The molecule has 12 heteroatoms. The van der Waals surface area contributed by atoms with Crippen LogP contribution in [-0.2, 0) is 14.4 Å². The van der Waals surface area contributed by atoms with Crippen LogP contribution in [0.4, 0.5) is 11.4 Å². The first-order valence-electron chi connectivity index (χ1n) is 10.7. The summed E-state index contributed by atoms with van der Waals surface area (Å²) in [4.78, 5) is 44.6. The number of non-ortho nitro benzene ring substituents is 1. The van der Waals surface area contributed by atoms with Crippen LogP contribution in [0.5, 0.6) is 5.75 Å². The number of amides is 1. The van der Waals surface area contributed by atoms with E-state index in [9.17, 15) is 34.7 Å². The SMILES string of the molecule is CC1=C(C(=O)O)C(c2cccc([N+](=O)[O-])c2)C(C(=O)O)=C(C)N1.O.[CH2]CCC(=O)Nc1ccc(O)cc1. The number of nitrogens with one attached hydrogen (secondary N) is 2. The van der Waals surface area contributed by atoms with Gasteiger partial charge in [0, 0.05) is 35.6 Å². The molecule has 0 aliphatic carbocycles. The summed E-state index contributed by atoms with van der Waals surface area (Å²) in [5.41, 5.74) is 1.02. The van der Waals surface area contributed by atoms with Crippen LogP contribution in [0.25, 0.3) is 0 Å². The van der Waals surface area contributed by atoms with Gasteiger partial charge < -0.3 is 31.4 Å². The average molecular weight is 515 g/mol. The summed E-state index contributed by atoms with van der Waals surface area (Å²) in [5.74, 6) is -3.52. The van der Waals surface area contributed by atoms with Gasteiger partial charge in [-0.15, -0.1) is 0 Å². The Hall–Kier alpha value is -4.71. The molecule has 7 N–H and O–H groups in total. The second-order valence-electron chi connectivity index (χ2n) is 7.80. The number of rotatable bonds is 7. The maximum atomic E-state index is 11.6. The van der Waals surface area contributed by atoms with Crippen molar-refractivity contribution in [2.75, 3.05) is 5.32 Å². The van der Waals surface area contributed by atoms with Crippen LogP contribution in [-0.4, -0.2) is 43.6 Å². The van der Waals surface area contributed by atoms with Crippen molar-refractivity contribution >= 4 is 29.2 Å². The number of carboxylic acid groups (broad SMARTS) is 2. The highest BCUT2D eigenvalue weighted by atomic mass is 16.6. The van der Waals surface area contributed by atoms with E-state index >= 15 is 0 Å². The highest BCUT2D eigenvalue weighted by Gasteiger charge is 2.36. The largest absolute Gasteiger partial charge is 0.508 e. The monoisotopic (exact) mass is 514 g/mol. The first kappa shape index (κ1) is 30.3. The van der Waals surface area contributed by atoms with Gasteiger partial charge in [0.15, 0.2) is 0 Å². The van der Waals surface area contributed by atoms with Crippen molar-refractivity contribution in [3.8, 4) is 5.75 Å². The lowest BCUT2D eigenvalue weighted by atomic mass is 9.80. The maximum Gasteiger partial charge on any atom is 0.334 e. The average Bonchev–Trinajstić information content (AvgIpc) is 2.80. The van der Waals surface area contributed by atoms with Crippen molar-refractivity contribution in [2.45, 2.75) is 32.6 Å². The van der Waals surface area contributed by atoms with E-state index < -0.39 is 22.8 Å². The Morgan fingerprint density at radius 1 is 1.03 bits per heavy atom. The standard InChI is InChI=1S/C15H14N2O6.C10H12NO2.H2O/c1-7-11(14(18)19)13(12(15(20)21)8(2)16-7)9-4-3-5-10(6-9)17(22)23;1-2-3-10(13)11-8-4-6-9(12)7-5-8;/h3-6,13,16H,1-2H3,(H,18,19)(H,20,21);4-7,12H,1-3H2,(H,11,13);1H2. The van der Waals surface area contributed by atoms with E-state index in [-0.39, 0.29) is 39.5 Å². The lowest BCUT2D eigenvalue weighted by Gasteiger charge is -2.28. The molecule has 0 fully saturated rings. The van der Waals surface area contributed by atoms with Crippen molar-refractivity contribution in [1.82, 2.24) is 5.32 Å². The number of nitro groups is 1. The van der Waals surface area contributed by atoms with Gasteiger partial charge in [-0.05, 0) is 50.1 Å². The number of hydrogen-bond donors (Lipinski definition) is 5. The van der Waals surface area contributed by atoms with E-state index in [2.05, 4.69) is 17.6 Å². The van der Waals surface area contributed by atoms with Crippen molar-refractivity contribution in [2.24, 2.45) is 0 Å². The van der Waals surface area contributed by atoms with Crippen LogP contribution in [0.1, 0.15) is 38.2 Å². The van der Waals surface area contributed by atoms with Crippen LogP contribution < -0.4 is 10.6 Å². The van der Waals surface area contributed by atoms with Gasteiger partial charge in [0.1, 0.15) is 5.75 Å². The Morgan fingerprint density at radius 3 is 2.03 bits per heavy atom. The maximum absolute atomic E-state index is 11.6. The summed E-state index contributed by atoms with van der Waals surface area (Å²) in [6.07, 6.45) is 1.00. The van der Waals surface area contributed by atoms with Gasteiger partial charge in [-0.25, -0.2) is 9.59 Å². The predicted molar refractivity (Wildman–Crippen MR) is 135 cm³/mol. The van der Waals surface area contributed by atoms with E-state index in [1.54, 1.807) is 12.1 Å². The molecule has 0 saturated heterocycles. The van der Waals surface area contributed by atoms with Crippen LogP contribution in [0.15, 0.2) is 71.1 Å². The number of phenols is 1. The minimum atomic E-state index is -1.28. The number of nitrogens with zero attached hydrogens (tertiary/aromatic N) is 1. The smallest absolute Gasteiger partial charge is 0.334 e. The van der Waals surface area contributed by atoms with Crippen LogP contribution in [0.3, 0.4) is 0 Å². The Balaban J connectivity index is 0.000000417. The summed E-state index contributed by atoms with van der Waals surface area (Å²) >= 11 is 0. The number of aliphatic carboxylic acids is 2. The molecular formula is C25H28N3O9. The first-order valence-corrected chi connectivity index (χ1v) is 10.7. The fraction of sp³-hybridized carbons (Fsp3) is 0.200. The molecule has 1 radical (unpaired) electrons. The minimum absolute atomic E-state index is 0. The molecule has 0 saturated carbocycles. The number of benzene rings is 2. The predicted octanol–water partition coefficient (Wildman–Crippen LogP) is 3.12. The van der Waals surface area contributed by atoms with Gasteiger partial charge in [-0.3, -0.25) is 14.9 Å². The molecule has 1 aliphatic heterocycles. The molecule has 2 aromatic carbocycles. The molecular weight excluding hydrogens is 486 g/mol. The fourth-order valence-electron chi connectivity index (χ4n) is 3.64. The Bertz CT molecular complexity index is 1200. The van der Waals surface area contributed by atoms with E-state index in [0.717, 1.165) is 0 Å². The summed E-state index contributed by atoms with van der Waals surface area (Å²) in [5, 5.41) is 44.2. The summed E-state index contributed by atoms with van der Waals surface area (Å²) in [6, 6.07) is 11.7. The zero-order valence-electron chi connectivity index (χ0n) is 20.1. The van der Waals surface area contributed by atoms with E-state index in [4.69, 9.17) is 5.11 Å². The van der Waals surface area contributed by atoms with E-state index in [0.29, 0.717) is 29.9 Å². The van der Waals surface area contributed by atoms with Crippen molar-refractivity contribution in [1.29, 1.82) is 0 Å². The first-order chi connectivity index (χ1) is 17.0. The Labute approximate surface area is 212 Å². The number of aromatic hydroxyl groups is 1. The quantitative estimate of drug-likeness (QED) is 0.208. The Kier molecular flexibility index (Phi) is 11.0. The number of allylic oxidation sites excluding steroid dienone is 2. The molecule has 37 heavy (non-hydrogen) atoms. The van der Waals surface area contributed by atoms with Crippen LogP contribution in [0, 0.1) is 17.0 Å². The normalized spacial score (nSPS) is 12.9. The molecule has 0 spiro atoms. The van der Waals surface area contributed by atoms with Gasteiger partial charge >= 0.3 is 11.9 Å². The molecule has 1 aliphatic rings. The number of dihydropyridines is 1. The fourth-order valence-corrected chi connectivity index (χ4v) is 3.64. The topological polar surface area (TPSA) is 211 Å². The van der Waals surface area contributed by atoms with Crippen molar-refractivity contribution < 1.29 is 40.1 Å². The lowest BCUT2D eigenvalue weighted by molar-refractivity contribution is -0.384. The van der Waals surface area contributed by atoms with E-state index in [1.807, 2.05) is 0 Å². The van der Waals surface area contributed by atoms with Gasteiger partial charge in [-0.1, -0.05) is 19.1 Å². The van der Waals surface area contributed by atoms with Crippen LogP contribution >= 0.6 is 0 Å². The summed E-state index contributed by atoms with van der Waals surface area (Å²) in [7, 11) is 0. The van der Waals surface area contributed by atoms with Gasteiger partial charge in [-0.2, -0.15) is 0 Å².